The van der Waals surface area contributed by atoms with Crippen LogP contribution in [0.25, 0.3) is 21.5 Å². The molecule has 3 aromatic carbocycles. The minimum Gasteiger partial charge on any atom is -0.461 e. The topological polar surface area (TPSA) is 79.3 Å². The number of benzene rings is 3. The van der Waals surface area contributed by atoms with Crippen LogP contribution in [0.4, 0.5) is 0 Å². The number of carbonyl (C=O) groups excluding carboxylic acids is 1. The largest absolute Gasteiger partial charge is 0.461 e. The number of hydrogen-bond donors (Lipinski definition) is 2. The van der Waals surface area contributed by atoms with Gasteiger partial charge in [0.15, 0.2) is 0 Å². The van der Waals surface area contributed by atoms with E-state index in [2.05, 4.69) is 42.5 Å². The first-order valence-corrected chi connectivity index (χ1v) is 14.5. The summed E-state index contributed by atoms with van der Waals surface area (Å²) in [4.78, 5) is 12.4. The first kappa shape index (κ1) is 28.3. The third-order valence-electron chi connectivity index (χ3n) is 7.19. The lowest BCUT2D eigenvalue weighted by Crippen LogP contribution is -2.05. The van der Waals surface area contributed by atoms with Crippen LogP contribution in [0.5, 0.6) is 0 Å². The van der Waals surface area contributed by atoms with Gasteiger partial charge in [-0.3, -0.25) is 4.79 Å². The molecule has 4 rings (SSSR count). The van der Waals surface area contributed by atoms with Gasteiger partial charge in [0, 0.05) is 18.6 Å². The Morgan fingerprint density at radius 1 is 0.950 bits per heavy atom. The Morgan fingerprint density at radius 3 is 2.40 bits per heavy atom. The van der Waals surface area contributed by atoms with Gasteiger partial charge < -0.3 is 19.7 Å². The average Bonchev–Trinajstić information content (AvgIpc) is 3.73. The van der Waals surface area contributed by atoms with E-state index in [0.717, 1.165) is 59.2 Å². The van der Waals surface area contributed by atoms with E-state index in [-0.39, 0.29) is 24.8 Å². The molecule has 0 spiro atoms. The van der Waals surface area contributed by atoms with Crippen LogP contribution in [0.1, 0.15) is 64.7 Å². The van der Waals surface area contributed by atoms with Crippen LogP contribution in [-0.2, 0) is 20.9 Å². The number of allylic oxidation sites excluding steroid dienone is 2. The van der Waals surface area contributed by atoms with Gasteiger partial charge in [-0.15, -0.1) is 0 Å². The minimum atomic E-state index is -0.956. The molecule has 0 bridgehead atoms. The molecule has 5 nitrogen and oxygen atoms in total. The van der Waals surface area contributed by atoms with Gasteiger partial charge in [0.25, 0.3) is 0 Å². The molecule has 3 aromatic rings. The number of unbranched alkanes of at least 4 members (excludes halogenated alkanes) is 3. The molecule has 0 aromatic heterocycles. The second kappa shape index (κ2) is 16.1. The molecule has 0 saturated carbocycles. The van der Waals surface area contributed by atoms with Crippen LogP contribution in [0.15, 0.2) is 91.1 Å². The van der Waals surface area contributed by atoms with Crippen LogP contribution in [0, 0.1) is 0 Å². The molecular formula is C35H42O5. The van der Waals surface area contributed by atoms with Crippen molar-refractivity contribution >= 4 is 27.5 Å². The van der Waals surface area contributed by atoms with Gasteiger partial charge in [0.1, 0.15) is 12.7 Å². The van der Waals surface area contributed by atoms with E-state index < -0.39 is 12.7 Å². The van der Waals surface area contributed by atoms with Gasteiger partial charge in [-0.25, -0.2) is 0 Å². The van der Waals surface area contributed by atoms with Gasteiger partial charge in [-0.1, -0.05) is 91.4 Å². The number of carbonyl (C=O) groups is 1. The van der Waals surface area contributed by atoms with Crippen molar-refractivity contribution in [2.24, 2.45) is 0 Å². The maximum Gasteiger partial charge on any atom is 0.306 e. The predicted molar refractivity (Wildman–Crippen MR) is 162 cm³/mol. The molecule has 0 radical (unpaired) electrons. The number of aliphatic hydroxyl groups excluding tert-OH is 2. The van der Waals surface area contributed by atoms with E-state index in [4.69, 9.17) is 16.0 Å². The number of aliphatic hydroxyl groups is 2. The van der Waals surface area contributed by atoms with Gasteiger partial charge in [-0.2, -0.15) is 0 Å². The minimum absolute atomic E-state index is 0.0645. The lowest BCUT2D eigenvalue weighted by atomic mass is 9.97. The summed E-state index contributed by atoms with van der Waals surface area (Å²) in [6.07, 6.45) is 18.2. The van der Waals surface area contributed by atoms with E-state index in [1.807, 2.05) is 42.5 Å². The fourth-order valence-electron chi connectivity index (χ4n) is 4.88. The van der Waals surface area contributed by atoms with Crippen molar-refractivity contribution < 1.29 is 25.9 Å². The van der Waals surface area contributed by atoms with Crippen LogP contribution >= 0.6 is 0 Å². The monoisotopic (exact) mass is 544 g/mol. The summed E-state index contributed by atoms with van der Waals surface area (Å²) >= 11 is 0. The average molecular weight is 545 g/mol. The summed E-state index contributed by atoms with van der Waals surface area (Å²) in [7, 11) is 0. The zero-order valence-corrected chi connectivity index (χ0v) is 23.2. The number of rotatable bonds is 17. The summed E-state index contributed by atoms with van der Waals surface area (Å²) in [6.45, 7) is -0.696. The molecule has 1 aliphatic heterocycles. The van der Waals surface area contributed by atoms with Crippen molar-refractivity contribution in [2.45, 2.75) is 82.7 Å². The van der Waals surface area contributed by atoms with Crippen molar-refractivity contribution in [3.05, 3.63) is 96.6 Å². The molecule has 1 heterocycles. The lowest BCUT2D eigenvalue weighted by molar-refractivity contribution is -0.144. The van der Waals surface area contributed by atoms with Crippen LogP contribution in [-0.4, -0.2) is 41.1 Å². The molecule has 1 fully saturated rings. The normalized spacial score (nSPS) is 19.1. The highest BCUT2D eigenvalue weighted by Gasteiger charge is 2.34. The summed E-state index contributed by atoms with van der Waals surface area (Å²) in [5.74, 6) is -0.198. The zero-order chi connectivity index (χ0) is 28.9. The number of ether oxygens (including phenoxy) is 2. The molecule has 40 heavy (non-hydrogen) atoms. The highest BCUT2D eigenvalue weighted by molar-refractivity contribution is 6.02. The molecular weight excluding hydrogens is 500 g/mol. The summed E-state index contributed by atoms with van der Waals surface area (Å²) in [6, 6.07) is 18.6. The number of epoxide rings is 1. The van der Waals surface area contributed by atoms with E-state index >= 15 is 0 Å². The fourth-order valence-corrected chi connectivity index (χ4v) is 4.88. The van der Waals surface area contributed by atoms with Gasteiger partial charge >= 0.3 is 5.97 Å². The molecule has 1 aliphatic rings. The Kier molecular flexibility index (Phi) is 11.4. The molecule has 1 saturated heterocycles. The Morgan fingerprint density at radius 2 is 1.65 bits per heavy atom. The van der Waals surface area contributed by atoms with Crippen LogP contribution < -0.4 is 0 Å². The molecule has 5 heteroatoms. The lowest BCUT2D eigenvalue weighted by Gasteiger charge is -2.12. The van der Waals surface area contributed by atoms with Crippen molar-refractivity contribution in [2.75, 3.05) is 6.58 Å². The number of hydrogen-bond acceptors (Lipinski definition) is 5. The third kappa shape index (κ3) is 9.44. The van der Waals surface area contributed by atoms with Crippen molar-refractivity contribution in [1.29, 1.82) is 0 Å². The first-order chi connectivity index (χ1) is 20.0. The summed E-state index contributed by atoms with van der Waals surface area (Å²) < 4.78 is 18.4. The van der Waals surface area contributed by atoms with Crippen LogP contribution in [0.2, 0.25) is 0 Å². The van der Waals surface area contributed by atoms with Gasteiger partial charge in [0.2, 0.25) is 0 Å². The molecule has 2 N–H and O–H groups in total. The quantitative estimate of drug-likeness (QED) is 0.0611. The Bertz CT molecular complexity index is 1290. The summed E-state index contributed by atoms with van der Waals surface area (Å²) in [5, 5.41) is 23.7. The van der Waals surface area contributed by atoms with Crippen molar-refractivity contribution in [3.63, 3.8) is 0 Å². The smallest absolute Gasteiger partial charge is 0.306 e. The van der Waals surface area contributed by atoms with E-state index in [0.29, 0.717) is 25.7 Å². The van der Waals surface area contributed by atoms with E-state index in [1.165, 1.54) is 0 Å². The SMILES string of the molecule is [3H]C(O)CCCC/C=C/CC1OC1/C=C/C(O)C/C=C/CCCC(=O)OCc1c2ccccc2cc2ccccc12. The Hall–Kier alpha value is -3.25. The summed E-state index contributed by atoms with van der Waals surface area (Å²) in [5.41, 5.74) is 1.04. The number of fused-ring (bicyclic) bond motifs is 2. The third-order valence-corrected chi connectivity index (χ3v) is 7.19. The first-order valence-electron chi connectivity index (χ1n) is 15.1. The zero-order valence-electron chi connectivity index (χ0n) is 24.2. The molecule has 4 unspecified atom stereocenters. The predicted octanol–water partition coefficient (Wildman–Crippen LogP) is 7.34. The maximum absolute atomic E-state index is 12.4. The highest BCUT2D eigenvalue weighted by atomic mass is 16.6. The Balaban J connectivity index is 1.08. The molecule has 212 valence electrons. The van der Waals surface area contributed by atoms with Gasteiger partial charge in [-0.05, 0) is 72.6 Å². The van der Waals surface area contributed by atoms with Gasteiger partial charge in [0.05, 0.1) is 13.6 Å². The molecule has 0 amide bonds. The number of esters is 1. The standard InChI is InChI=1S/C35H42O5/c36-24-14-6-2-1-3-8-20-33-34(40-33)23-22-29(37)17-7-4-5-9-21-35(38)39-26-32-30-18-12-10-15-27(30)25-28-16-11-13-19-31(28)32/h3-4,7-8,10-13,15-16,18-19,22-23,25,29,33-34,36-37H,1-2,5-6,9,14,17,20-21,24,26H2/b7-4+,8-3+,23-22+/i24T. The fraction of sp³-hybridized carbons (Fsp3) is 0.400. The maximum atomic E-state index is 12.4. The Labute approximate surface area is 239 Å². The van der Waals surface area contributed by atoms with E-state index in [1.54, 1.807) is 6.08 Å². The molecule has 0 aliphatic carbocycles. The second-order valence-corrected chi connectivity index (χ2v) is 10.3. The second-order valence-electron chi connectivity index (χ2n) is 10.3. The molecule has 4 atom stereocenters. The van der Waals surface area contributed by atoms with Crippen molar-refractivity contribution in [3.8, 4) is 0 Å². The van der Waals surface area contributed by atoms with Crippen molar-refractivity contribution in [1.82, 2.24) is 0 Å². The highest BCUT2D eigenvalue weighted by Crippen LogP contribution is 2.29. The van der Waals surface area contributed by atoms with E-state index in [9.17, 15) is 9.90 Å². The van der Waals surface area contributed by atoms with Crippen LogP contribution in [0.3, 0.4) is 0 Å².